The zero-order valence-electron chi connectivity index (χ0n) is 10.8. The quantitative estimate of drug-likeness (QED) is 0.871. The Morgan fingerprint density at radius 2 is 2.00 bits per heavy atom. The number of aliphatic hydroxyl groups is 1. The number of hydrogen-bond acceptors (Lipinski definition) is 2. The molecule has 0 amide bonds. The summed E-state index contributed by atoms with van der Waals surface area (Å²) in [5.74, 6) is 0. The first-order valence-electron chi connectivity index (χ1n) is 6.46. The molecule has 1 N–H and O–H groups in total. The molecule has 2 heteroatoms. The van der Waals surface area contributed by atoms with Crippen molar-refractivity contribution in [2.45, 2.75) is 50.7 Å². The zero-order chi connectivity index (χ0) is 12.4. The summed E-state index contributed by atoms with van der Waals surface area (Å²) in [4.78, 5) is 0. The molecule has 1 aromatic rings. The van der Waals surface area contributed by atoms with E-state index in [1.807, 2.05) is 18.2 Å². The molecule has 0 spiro atoms. The van der Waals surface area contributed by atoms with Gasteiger partial charge in [-0.3, -0.25) is 0 Å². The molecule has 0 radical (unpaired) electrons. The largest absolute Gasteiger partial charge is 0.389 e. The van der Waals surface area contributed by atoms with Crippen LogP contribution in [0.4, 0.5) is 0 Å². The minimum absolute atomic E-state index is 0.165. The lowest BCUT2D eigenvalue weighted by molar-refractivity contribution is -0.152. The fraction of sp³-hybridized carbons (Fsp3) is 0.600. The second-order valence-corrected chi connectivity index (χ2v) is 5.47. The van der Waals surface area contributed by atoms with Gasteiger partial charge in [0.15, 0.2) is 0 Å². The molecule has 0 aromatic heterocycles. The molecule has 94 valence electrons. The summed E-state index contributed by atoms with van der Waals surface area (Å²) in [6.45, 7) is 4.88. The number of rotatable bonds is 3. The van der Waals surface area contributed by atoms with Gasteiger partial charge in [-0.05, 0) is 25.3 Å². The fourth-order valence-corrected chi connectivity index (χ4v) is 2.68. The van der Waals surface area contributed by atoms with Crippen LogP contribution in [0.1, 0.15) is 38.7 Å². The Kier molecular flexibility index (Phi) is 3.55. The highest BCUT2D eigenvalue weighted by Gasteiger charge is 2.40. The Bertz CT molecular complexity index is 362. The van der Waals surface area contributed by atoms with E-state index in [0.717, 1.165) is 25.7 Å². The third-order valence-electron chi connectivity index (χ3n) is 3.84. The Morgan fingerprint density at radius 3 is 2.65 bits per heavy atom. The normalized spacial score (nSPS) is 33.6. The number of hydrogen-bond donors (Lipinski definition) is 1. The van der Waals surface area contributed by atoms with Crippen LogP contribution in [0.2, 0.25) is 0 Å². The van der Waals surface area contributed by atoms with Gasteiger partial charge in [-0.15, -0.1) is 0 Å². The highest BCUT2D eigenvalue weighted by Crippen LogP contribution is 2.36. The maximum atomic E-state index is 10.7. The second-order valence-electron chi connectivity index (χ2n) is 5.47. The lowest BCUT2D eigenvalue weighted by atomic mass is 9.78. The van der Waals surface area contributed by atoms with E-state index in [0.29, 0.717) is 6.61 Å². The van der Waals surface area contributed by atoms with Crippen molar-refractivity contribution in [3.8, 4) is 0 Å². The van der Waals surface area contributed by atoms with Crippen molar-refractivity contribution < 1.29 is 9.84 Å². The van der Waals surface area contributed by atoms with Crippen LogP contribution in [0.15, 0.2) is 30.3 Å². The van der Waals surface area contributed by atoms with E-state index < -0.39 is 5.60 Å². The topological polar surface area (TPSA) is 29.5 Å². The summed E-state index contributed by atoms with van der Waals surface area (Å²) in [6.07, 6.45) is 3.14. The predicted molar refractivity (Wildman–Crippen MR) is 69.0 cm³/mol. The Balaban J connectivity index is 2.09. The second kappa shape index (κ2) is 4.79. The van der Waals surface area contributed by atoms with Gasteiger partial charge in [0, 0.05) is 12.8 Å². The van der Waals surface area contributed by atoms with Crippen molar-refractivity contribution in [3.63, 3.8) is 0 Å². The van der Waals surface area contributed by atoms with E-state index >= 15 is 0 Å². The molecule has 17 heavy (non-hydrogen) atoms. The highest BCUT2D eigenvalue weighted by atomic mass is 16.5. The van der Waals surface area contributed by atoms with Gasteiger partial charge in [-0.1, -0.05) is 37.3 Å². The lowest BCUT2D eigenvalue weighted by Crippen LogP contribution is -2.48. The van der Waals surface area contributed by atoms with Crippen LogP contribution in [0, 0.1) is 0 Å². The lowest BCUT2D eigenvalue weighted by Gasteiger charge is -2.43. The number of benzene rings is 1. The predicted octanol–water partition coefficient (Wildman–Crippen LogP) is 2.94. The molecule has 1 saturated heterocycles. The van der Waals surface area contributed by atoms with Crippen LogP contribution >= 0.6 is 0 Å². The first kappa shape index (κ1) is 12.6. The summed E-state index contributed by atoms with van der Waals surface area (Å²) < 4.78 is 5.79. The van der Waals surface area contributed by atoms with E-state index in [4.69, 9.17) is 4.74 Å². The van der Waals surface area contributed by atoms with Gasteiger partial charge in [0.05, 0.1) is 17.8 Å². The molecule has 1 aliphatic rings. The van der Waals surface area contributed by atoms with Crippen LogP contribution in [0.3, 0.4) is 0 Å². The minimum atomic E-state index is -0.607. The smallest absolute Gasteiger partial charge is 0.0737 e. The summed E-state index contributed by atoms with van der Waals surface area (Å²) in [6, 6.07) is 10.2. The first-order valence-corrected chi connectivity index (χ1v) is 6.46. The average Bonchev–Trinajstić information content (AvgIpc) is 2.29. The third kappa shape index (κ3) is 3.08. The van der Waals surface area contributed by atoms with E-state index in [2.05, 4.69) is 26.0 Å². The molecule has 1 aromatic carbocycles. The fourth-order valence-electron chi connectivity index (χ4n) is 2.68. The van der Waals surface area contributed by atoms with Gasteiger partial charge in [0.25, 0.3) is 0 Å². The van der Waals surface area contributed by atoms with Gasteiger partial charge >= 0.3 is 0 Å². The molecule has 1 heterocycles. The molecular formula is C15H22O2. The van der Waals surface area contributed by atoms with Gasteiger partial charge in [-0.2, -0.15) is 0 Å². The van der Waals surface area contributed by atoms with Gasteiger partial charge in [0.2, 0.25) is 0 Å². The van der Waals surface area contributed by atoms with Crippen molar-refractivity contribution in [1.82, 2.24) is 0 Å². The van der Waals surface area contributed by atoms with E-state index in [1.165, 1.54) is 5.56 Å². The van der Waals surface area contributed by atoms with Gasteiger partial charge in [0.1, 0.15) is 0 Å². The molecule has 2 nitrogen and oxygen atoms in total. The van der Waals surface area contributed by atoms with Crippen LogP contribution in [0.5, 0.6) is 0 Å². The van der Waals surface area contributed by atoms with E-state index in [-0.39, 0.29) is 5.60 Å². The van der Waals surface area contributed by atoms with Crippen LogP contribution in [-0.2, 0) is 11.2 Å². The molecule has 2 rings (SSSR count). The van der Waals surface area contributed by atoms with Crippen LogP contribution < -0.4 is 0 Å². The Labute approximate surface area is 104 Å². The maximum Gasteiger partial charge on any atom is 0.0737 e. The monoisotopic (exact) mass is 234 g/mol. The van der Waals surface area contributed by atoms with Crippen molar-refractivity contribution in [3.05, 3.63) is 35.9 Å². The molecule has 1 fully saturated rings. The third-order valence-corrected chi connectivity index (χ3v) is 3.84. The number of ether oxygens (including phenoxy) is 1. The summed E-state index contributed by atoms with van der Waals surface area (Å²) >= 11 is 0. The zero-order valence-corrected chi connectivity index (χ0v) is 10.8. The molecule has 1 aliphatic heterocycles. The molecule has 0 bridgehead atoms. The summed E-state index contributed by atoms with van der Waals surface area (Å²) in [7, 11) is 0. The summed E-state index contributed by atoms with van der Waals surface area (Å²) in [5.41, 5.74) is 0.432. The maximum absolute atomic E-state index is 10.7. The summed E-state index contributed by atoms with van der Waals surface area (Å²) in [5, 5.41) is 10.7. The van der Waals surface area contributed by atoms with Gasteiger partial charge < -0.3 is 9.84 Å². The van der Waals surface area contributed by atoms with Crippen LogP contribution in [-0.4, -0.2) is 22.9 Å². The Hall–Kier alpha value is -0.860. The Morgan fingerprint density at radius 1 is 1.29 bits per heavy atom. The van der Waals surface area contributed by atoms with Crippen molar-refractivity contribution in [2.24, 2.45) is 0 Å². The van der Waals surface area contributed by atoms with Crippen molar-refractivity contribution in [2.75, 3.05) is 6.61 Å². The van der Waals surface area contributed by atoms with E-state index in [9.17, 15) is 5.11 Å². The average molecular weight is 234 g/mol. The van der Waals surface area contributed by atoms with Crippen LogP contribution in [0.25, 0.3) is 0 Å². The highest BCUT2D eigenvalue weighted by molar-refractivity contribution is 5.17. The molecule has 0 aliphatic carbocycles. The minimum Gasteiger partial charge on any atom is -0.389 e. The molecular weight excluding hydrogens is 212 g/mol. The van der Waals surface area contributed by atoms with Gasteiger partial charge in [-0.25, -0.2) is 0 Å². The standard InChI is InChI=1S/C15H22O2/c1-3-14(2)12-15(16,9-10-17-14)11-13-7-5-4-6-8-13/h4-8,16H,3,9-12H2,1-2H3. The molecule has 0 saturated carbocycles. The van der Waals surface area contributed by atoms with Crippen molar-refractivity contribution >= 4 is 0 Å². The SMILES string of the molecule is CCC1(C)CC(O)(Cc2ccccc2)CCO1. The molecule has 2 unspecified atom stereocenters. The molecule has 2 atom stereocenters. The van der Waals surface area contributed by atoms with E-state index in [1.54, 1.807) is 0 Å². The first-order chi connectivity index (χ1) is 8.05. The van der Waals surface area contributed by atoms with Crippen molar-refractivity contribution in [1.29, 1.82) is 0 Å².